The quantitative estimate of drug-likeness (QED) is 0.357. The second kappa shape index (κ2) is 18.5. The van der Waals surface area contributed by atoms with E-state index in [2.05, 4.69) is 16.0 Å². The van der Waals surface area contributed by atoms with Gasteiger partial charge in [0.2, 0.25) is 35.4 Å². The fourth-order valence-electron chi connectivity index (χ4n) is 8.94. The van der Waals surface area contributed by atoms with Gasteiger partial charge in [0.25, 0.3) is 0 Å². The topological polar surface area (TPSA) is 175 Å². The van der Waals surface area contributed by atoms with Crippen molar-refractivity contribution in [2.24, 2.45) is 5.92 Å². The minimum absolute atomic E-state index is 0.00325. The first-order valence-corrected chi connectivity index (χ1v) is 20.9. The number of piperidine rings is 1. The number of aryl methyl sites for hydroxylation is 2. The number of amides is 6. The maximum Gasteiger partial charge on any atom is 0.329 e. The molecule has 4 saturated heterocycles. The molecule has 6 rings (SSSR count). The average molecular weight is 837 g/mol. The Labute approximate surface area is 348 Å². The van der Waals surface area contributed by atoms with Crippen molar-refractivity contribution >= 4 is 53.0 Å². The van der Waals surface area contributed by atoms with Crippen LogP contribution < -0.4 is 16.0 Å². The minimum atomic E-state index is -1.53. The van der Waals surface area contributed by atoms with Crippen LogP contribution in [-0.4, -0.2) is 118 Å². The third-order valence-electron chi connectivity index (χ3n) is 11.8. The zero-order chi connectivity index (χ0) is 42.7. The molecule has 0 radical (unpaired) electrons. The number of nitrogens with zero attached hydrogens (tertiary/aromatic N) is 3. The van der Waals surface area contributed by atoms with Gasteiger partial charge in [0, 0.05) is 31.1 Å². The van der Waals surface area contributed by atoms with Crippen LogP contribution in [0.25, 0.3) is 0 Å². The van der Waals surface area contributed by atoms with E-state index >= 15 is 0 Å². The van der Waals surface area contributed by atoms with Gasteiger partial charge in [-0.3, -0.25) is 28.8 Å². The summed E-state index contributed by atoms with van der Waals surface area (Å²) in [4.78, 5) is 103. The largest absolute Gasteiger partial charge is 0.458 e. The van der Waals surface area contributed by atoms with E-state index in [0.717, 1.165) is 17.2 Å². The smallest absolute Gasteiger partial charge is 0.329 e. The van der Waals surface area contributed by atoms with Crippen LogP contribution in [0.3, 0.4) is 0 Å². The van der Waals surface area contributed by atoms with Crippen molar-refractivity contribution in [1.82, 2.24) is 30.7 Å². The molecular weight excluding hydrogens is 783 g/mol. The lowest BCUT2D eigenvalue weighted by Crippen LogP contribution is -2.63. The van der Waals surface area contributed by atoms with Crippen LogP contribution >= 0.6 is 11.6 Å². The summed E-state index contributed by atoms with van der Waals surface area (Å²) >= 11 is 5.92. The predicted molar refractivity (Wildman–Crippen MR) is 215 cm³/mol. The number of hydrogen-bond acceptors (Lipinski definition) is 8. The normalized spacial score (nSPS) is 27.3. The molecular formula is C43H54ClFN6O8. The maximum absolute atomic E-state index is 14.8. The number of hydrogen-bond donors (Lipinski definition) is 3. The second-order valence-electron chi connectivity index (χ2n) is 16.7. The predicted octanol–water partition coefficient (Wildman–Crippen LogP) is 2.91. The van der Waals surface area contributed by atoms with Crippen LogP contribution in [0.15, 0.2) is 36.4 Å². The Morgan fingerprint density at radius 2 is 1.54 bits per heavy atom. The molecule has 16 heteroatoms. The van der Waals surface area contributed by atoms with Crippen molar-refractivity contribution in [3.05, 3.63) is 69.5 Å². The molecule has 6 amide bonds. The van der Waals surface area contributed by atoms with E-state index in [1.807, 2.05) is 39.0 Å². The average Bonchev–Trinajstić information content (AvgIpc) is 3.83. The molecule has 4 aliphatic rings. The highest BCUT2D eigenvalue weighted by Gasteiger charge is 2.47. The number of benzene rings is 2. The molecule has 0 aliphatic carbocycles. The van der Waals surface area contributed by atoms with Gasteiger partial charge in [-0.05, 0) is 95.4 Å². The van der Waals surface area contributed by atoms with E-state index in [4.69, 9.17) is 16.3 Å². The van der Waals surface area contributed by atoms with E-state index in [1.54, 1.807) is 6.92 Å². The molecule has 0 bridgehead atoms. The van der Waals surface area contributed by atoms with Gasteiger partial charge < -0.3 is 35.4 Å². The number of cyclic esters (lactones) is 1. The first-order chi connectivity index (χ1) is 28.0. The lowest BCUT2D eigenvalue weighted by atomic mass is 9.98. The molecule has 4 fully saturated rings. The zero-order valence-corrected chi connectivity index (χ0v) is 35.0. The van der Waals surface area contributed by atoms with Crippen molar-refractivity contribution in [2.75, 3.05) is 19.6 Å². The van der Waals surface area contributed by atoms with Crippen LogP contribution in [0.1, 0.15) is 81.5 Å². The summed E-state index contributed by atoms with van der Waals surface area (Å²) in [6.45, 7) is 9.38. The Balaban J connectivity index is 1.34. The number of nitrogens with one attached hydrogen (secondary N) is 3. The Bertz CT molecular complexity index is 1980. The number of rotatable bonds is 7. The van der Waals surface area contributed by atoms with Crippen molar-refractivity contribution in [2.45, 2.75) is 128 Å². The van der Waals surface area contributed by atoms with Gasteiger partial charge in [0.1, 0.15) is 48.2 Å². The van der Waals surface area contributed by atoms with Gasteiger partial charge >= 0.3 is 5.97 Å². The van der Waals surface area contributed by atoms with E-state index in [9.17, 15) is 38.0 Å². The molecule has 4 heterocycles. The van der Waals surface area contributed by atoms with Crippen molar-refractivity contribution < 1.29 is 42.7 Å². The molecule has 0 saturated carbocycles. The Morgan fingerprint density at radius 3 is 2.25 bits per heavy atom. The van der Waals surface area contributed by atoms with Gasteiger partial charge in [-0.15, -0.1) is 0 Å². The van der Waals surface area contributed by atoms with Gasteiger partial charge in [0.15, 0.2) is 0 Å². The van der Waals surface area contributed by atoms with Crippen LogP contribution in [0.5, 0.6) is 0 Å². The first-order valence-electron chi connectivity index (χ1n) is 20.5. The van der Waals surface area contributed by atoms with E-state index in [0.29, 0.717) is 37.7 Å². The summed E-state index contributed by atoms with van der Waals surface area (Å²) in [7, 11) is 0. The van der Waals surface area contributed by atoms with E-state index in [1.165, 1.54) is 33.8 Å². The highest BCUT2D eigenvalue weighted by molar-refractivity contribution is 6.30. The summed E-state index contributed by atoms with van der Waals surface area (Å²) in [5.41, 5.74) is 2.61. The van der Waals surface area contributed by atoms with E-state index in [-0.39, 0.29) is 49.0 Å². The zero-order valence-electron chi connectivity index (χ0n) is 34.2. The summed E-state index contributed by atoms with van der Waals surface area (Å²) in [6, 6.07) is 2.99. The molecule has 318 valence electrons. The van der Waals surface area contributed by atoms with Gasteiger partial charge in [-0.2, -0.15) is 0 Å². The summed E-state index contributed by atoms with van der Waals surface area (Å²) in [5, 5.41) is 8.44. The number of halogens is 2. The Morgan fingerprint density at radius 1 is 0.864 bits per heavy atom. The maximum atomic E-state index is 14.8. The van der Waals surface area contributed by atoms with Crippen LogP contribution in [-0.2, 0) is 51.1 Å². The molecule has 2 aromatic carbocycles. The molecule has 0 spiro atoms. The Hall–Kier alpha value is -5.05. The molecule has 0 unspecified atom stereocenters. The van der Waals surface area contributed by atoms with Crippen molar-refractivity contribution in [3.63, 3.8) is 0 Å². The third kappa shape index (κ3) is 10.0. The Kier molecular flexibility index (Phi) is 13.6. The minimum Gasteiger partial charge on any atom is -0.458 e. The number of carbonyl (C=O) groups excluding carboxylic acids is 7. The van der Waals surface area contributed by atoms with Crippen molar-refractivity contribution in [1.29, 1.82) is 0 Å². The highest BCUT2D eigenvalue weighted by atomic mass is 35.5. The number of carbonyl (C=O) groups is 7. The number of ether oxygens (including phenoxy) is 1. The van der Waals surface area contributed by atoms with Crippen LogP contribution in [0.2, 0.25) is 5.02 Å². The first kappa shape index (κ1) is 43.5. The van der Waals surface area contributed by atoms with Gasteiger partial charge in [0.05, 0.1) is 6.42 Å². The third-order valence-corrected chi connectivity index (χ3v) is 12.0. The molecule has 14 nitrogen and oxygen atoms in total. The lowest BCUT2D eigenvalue weighted by Gasteiger charge is -2.39. The monoisotopic (exact) mass is 836 g/mol. The van der Waals surface area contributed by atoms with Crippen LogP contribution in [0.4, 0.5) is 4.39 Å². The van der Waals surface area contributed by atoms with Gasteiger partial charge in [-0.25, -0.2) is 9.18 Å². The number of esters is 1. The summed E-state index contributed by atoms with van der Waals surface area (Å²) < 4.78 is 20.7. The van der Waals surface area contributed by atoms with Gasteiger partial charge in [-0.1, -0.05) is 53.9 Å². The highest BCUT2D eigenvalue weighted by Crippen LogP contribution is 2.29. The molecule has 0 aromatic heterocycles. The molecule has 8 atom stereocenters. The van der Waals surface area contributed by atoms with Crippen molar-refractivity contribution in [3.8, 4) is 0 Å². The fraction of sp³-hybridized carbons (Fsp3) is 0.558. The van der Waals surface area contributed by atoms with Crippen LogP contribution in [0, 0.1) is 25.6 Å². The fourth-order valence-corrected chi connectivity index (χ4v) is 9.10. The molecule has 4 aliphatic heterocycles. The summed E-state index contributed by atoms with van der Waals surface area (Å²) in [6.07, 6.45) is 1.07. The standard InChI is InChI=1S/C43H54ClFN6O8/c1-23-15-24(2)17-28(16-23)19-32(47-36(52)20-29-11-12-30(44)21-31(29)45)38(53)48-37-27(5)59-43(58)35-18-25(3)22-51(35)40(55)26(4)46-39(54)33-9-6-7-13-49(33)41(56)34-10-8-14-50(34)42(37)57/h11-12,15-17,21,25-27,32-35,37H,6-10,13-14,18-20,22H2,1-5H3,(H,46,54)(H,47,52)(H,48,53)/t25-,26+,27+,32+,33+,34+,35+,37+/m1/s1. The number of fused-ring (bicyclic) bond motifs is 3. The summed E-state index contributed by atoms with van der Waals surface area (Å²) in [5.74, 6) is -5.06. The lowest BCUT2D eigenvalue weighted by molar-refractivity contribution is -0.163. The van der Waals surface area contributed by atoms with E-state index < -0.39 is 96.0 Å². The molecule has 59 heavy (non-hydrogen) atoms. The SMILES string of the molecule is Cc1cc(C)cc(C[C@H](NC(=O)Cc2ccc(Cl)cc2F)C(=O)N[C@@H]2C(=O)N3CCC[C@H]3C(=O)N3CCCC[C@H]3C(=O)N[C@@H](C)C(=O)N3C[C@H](C)C[C@H]3C(=O)O[C@H]2C)c1. The molecule has 2 aromatic rings. The molecule has 3 N–H and O–H groups in total. The second-order valence-corrected chi connectivity index (χ2v) is 17.1.